The van der Waals surface area contributed by atoms with Crippen LogP contribution in [0.15, 0.2) is 46.2 Å². The molecule has 0 bridgehead atoms. The van der Waals surface area contributed by atoms with Crippen LogP contribution in [0.1, 0.15) is 0 Å². The van der Waals surface area contributed by atoms with Gasteiger partial charge in [0.1, 0.15) is 17.6 Å². The zero-order valence-electron chi connectivity index (χ0n) is 16.3. The third-order valence-electron chi connectivity index (χ3n) is 3.99. The maximum atomic E-state index is 12.3. The molecule has 0 aliphatic rings. The van der Waals surface area contributed by atoms with E-state index in [1.807, 2.05) is 4.72 Å². The second-order valence-electron chi connectivity index (χ2n) is 6.06. The summed E-state index contributed by atoms with van der Waals surface area (Å²) in [6, 6.07) is 8.41. The third-order valence-corrected chi connectivity index (χ3v) is 6.71. The number of nitro benzene ring substituents is 1. The topological polar surface area (TPSA) is 170 Å². The van der Waals surface area contributed by atoms with Crippen molar-refractivity contribution in [3.8, 4) is 0 Å². The van der Waals surface area contributed by atoms with Crippen molar-refractivity contribution in [1.29, 1.82) is 0 Å². The molecule has 0 aliphatic carbocycles. The average Bonchev–Trinajstić information content (AvgIpc) is 3.26. The number of esters is 1. The summed E-state index contributed by atoms with van der Waals surface area (Å²) in [6.45, 7) is -1.41. The van der Waals surface area contributed by atoms with Crippen LogP contribution in [-0.2, 0) is 24.3 Å². The van der Waals surface area contributed by atoms with Crippen LogP contribution in [0.3, 0.4) is 0 Å². The molecule has 0 unspecified atom stereocenters. The maximum Gasteiger partial charge on any atom is 0.321 e. The van der Waals surface area contributed by atoms with Gasteiger partial charge in [0.2, 0.25) is 10.0 Å². The number of aromatic nitrogens is 2. The van der Waals surface area contributed by atoms with E-state index in [1.165, 1.54) is 12.1 Å². The maximum absolute atomic E-state index is 12.3. The van der Waals surface area contributed by atoms with Crippen molar-refractivity contribution < 1.29 is 27.7 Å². The molecule has 0 fully saturated rings. The summed E-state index contributed by atoms with van der Waals surface area (Å²) in [5.41, 5.74) is 1.12. The van der Waals surface area contributed by atoms with Crippen LogP contribution in [0.4, 0.5) is 11.4 Å². The number of fused-ring (bicyclic) bond motifs is 1. The Morgan fingerprint density at radius 1 is 1.25 bits per heavy atom. The number of hydrogen-bond acceptors (Lipinski definition) is 11. The number of anilines is 1. The summed E-state index contributed by atoms with van der Waals surface area (Å²) >= 11 is 2.08. The van der Waals surface area contributed by atoms with Crippen molar-refractivity contribution in [1.82, 2.24) is 13.5 Å². The minimum atomic E-state index is -4.22. The van der Waals surface area contributed by atoms with Gasteiger partial charge in [-0.25, -0.2) is 8.42 Å². The molecule has 1 heterocycles. The van der Waals surface area contributed by atoms with Crippen molar-refractivity contribution >= 4 is 67.8 Å². The molecule has 3 rings (SSSR count). The van der Waals surface area contributed by atoms with E-state index in [4.69, 9.17) is 4.74 Å². The van der Waals surface area contributed by atoms with Gasteiger partial charge in [-0.05, 0) is 30.5 Å². The number of rotatable bonds is 9. The number of carbonyl (C=O) groups excluding carboxylic acids is 2. The lowest BCUT2D eigenvalue weighted by molar-refractivity contribution is -0.388. The number of nitrogens with one attached hydrogen (secondary N) is 2. The van der Waals surface area contributed by atoms with Crippen molar-refractivity contribution in [2.45, 2.75) is 9.79 Å². The van der Waals surface area contributed by atoms with Crippen molar-refractivity contribution in [3.63, 3.8) is 0 Å². The van der Waals surface area contributed by atoms with E-state index in [-0.39, 0.29) is 10.6 Å². The number of carbonyl (C=O) groups is 2. The van der Waals surface area contributed by atoms with Gasteiger partial charge in [-0.1, -0.05) is 6.07 Å². The van der Waals surface area contributed by atoms with E-state index in [1.54, 1.807) is 24.5 Å². The highest BCUT2D eigenvalue weighted by Gasteiger charge is 2.22. The van der Waals surface area contributed by atoms with E-state index >= 15 is 0 Å². The second kappa shape index (κ2) is 9.99. The standard InChI is InChI=1S/C17H15N5O7S3/c1-30-14-6-5-10(7-13(14)22(25)26)32(27,28)18-8-16(24)29-9-15(23)19-11-3-2-4-12-17(11)21-31-20-12/h2-7,18H,8-9H2,1H3,(H,19,23). The van der Waals surface area contributed by atoms with Gasteiger partial charge in [0, 0.05) is 6.07 Å². The number of nitrogens with zero attached hydrogens (tertiary/aromatic N) is 3. The predicted molar refractivity (Wildman–Crippen MR) is 117 cm³/mol. The normalized spacial score (nSPS) is 11.3. The number of nitro groups is 1. The number of benzene rings is 2. The van der Waals surface area contributed by atoms with Crippen molar-refractivity contribution in [3.05, 3.63) is 46.5 Å². The molecular weight excluding hydrogens is 482 g/mol. The summed E-state index contributed by atoms with van der Waals surface area (Å²) < 4.78 is 39.6. The Bertz CT molecular complexity index is 1290. The van der Waals surface area contributed by atoms with Crippen molar-refractivity contribution in [2.24, 2.45) is 0 Å². The van der Waals surface area contributed by atoms with Crippen LogP contribution in [0.2, 0.25) is 0 Å². The van der Waals surface area contributed by atoms with Crippen molar-refractivity contribution in [2.75, 3.05) is 24.7 Å². The Labute approximate surface area is 189 Å². The van der Waals surface area contributed by atoms with E-state index < -0.39 is 40.0 Å². The number of sulfonamides is 1. The first-order valence-corrected chi connectivity index (χ1v) is 12.1. The molecule has 2 N–H and O–H groups in total. The molecule has 0 atom stereocenters. The second-order valence-corrected chi connectivity index (χ2v) is 9.21. The molecule has 0 aliphatic heterocycles. The summed E-state index contributed by atoms with van der Waals surface area (Å²) in [7, 11) is -4.22. The predicted octanol–water partition coefficient (Wildman–Crippen LogP) is 1.78. The molecule has 168 valence electrons. The molecule has 15 heteroatoms. The Morgan fingerprint density at radius 3 is 2.75 bits per heavy atom. The number of hydrogen-bond donors (Lipinski definition) is 2. The summed E-state index contributed by atoms with van der Waals surface area (Å²) in [6.07, 6.45) is 1.62. The Kier molecular flexibility index (Phi) is 7.34. The molecule has 32 heavy (non-hydrogen) atoms. The number of thioether (sulfide) groups is 1. The lowest BCUT2D eigenvalue weighted by Gasteiger charge is -2.09. The van der Waals surface area contributed by atoms with Crippen LogP contribution in [0.25, 0.3) is 11.0 Å². The molecule has 0 radical (unpaired) electrons. The minimum Gasteiger partial charge on any atom is -0.455 e. The highest BCUT2D eigenvalue weighted by molar-refractivity contribution is 7.98. The monoisotopic (exact) mass is 497 g/mol. The van der Waals surface area contributed by atoms with Crippen LogP contribution >= 0.6 is 23.5 Å². The lowest BCUT2D eigenvalue weighted by Crippen LogP contribution is -2.32. The number of ether oxygens (including phenoxy) is 1. The van der Waals surface area contributed by atoms with Crippen LogP contribution in [0, 0.1) is 10.1 Å². The molecule has 0 saturated heterocycles. The van der Waals surface area contributed by atoms with Gasteiger partial charge >= 0.3 is 5.97 Å². The van der Waals surface area contributed by atoms with Gasteiger partial charge in [0.25, 0.3) is 11.6 Å². The van der Waals surface area contributed by atoms with Gasteiger partial charge in [0.05, 0.1) is 32.1 Å². The summed E-state index contributed by atoms with van der Waals surface area (Å²) in [5.74, 6) is -1.66. The average molecular weight is 498 g/mol. The zero-order valence-corrected chi connectivity index (χ0v) is 18.8. The largest absolute Gasteiger partial charge is 0.455 e. The van der Waals surface area contributed by atoms with Gasteiger partial charge in [0.15, 0.2) is 6.61 Å². The molecule has 12 nitrogen and oxygen atoms in total. The van der Waals surface area contributed by atoms with E-state index in [0.717, 1.165) is 29.6 Å². The van der Waals surface area contributed by atoms with Crippen LogP contribution < -0.4 is 10.0 Å². The smallest absolute Gasteiger partial charge is 0.321 e. The lowest BCUT2D eigenvalue weighted by atomic mass is 10.2. The Hall–Kier alpha value is -3.14. The summed E-state index contributed by atoms with van der Waals surface area (Å²) in [4.78, 5) is 34.2. The van der Waals surface area contributed by atoms with Gasteiger partial charge in [-0.2, -0.15) is 13.5 Å². The van der Waals surface area contributed by atoms with E-state index in [9.17, 15) is 28.1 Å². The minimum absolute atomic E-state index is 0.295. The molecule has 1 amide bonds. The Morgan fingerprint density at radius 2 is 2.03 bits per heavy atom. The van der Waals surface area contributed by atoms with Gasteiger partial charge in [-0.15, -0.1) is 11.8 Å². The molecule has 1 aromatic heterocycles. The summed E-state index contributed by atoms with van der Waals surface area (Å²) in [5, 5.41) is 13.7. The molecule has 2 aromatic carbocycles. The molecule has 0 saturated carbocycles. The fourth-order valence-corrected chi connectivity index (χ4v) is 4.59. The van der Waals surface area contributed by atoms with Crippen LogP contribution in [0.5, 0.6) is 0 Å². The van der Waals surface area contributed by atoms with Gasteiger partial charge < -0.3 is 10.1 Å². The quantitative estimate of drug-likeness (QED) is 0.192. The Balaban J connectivity index is 1.55. The third kappa shape index (κ3) is 5.56. The fraction of sp³-hybridized carbons (Fsp3) is 0.176. The first-order chi connectivity index (χ1) is 15.2. The molecular formula is C17H15N5O7S3. The molecule has 0 spiro atoms. The first kappa shape index (κ1) is 23.5. The highest BCUT2D eigenvalue weighted by atomic mass is 32.2. The zero-order chi connectivity index (χ0) is 23.3. The van der Waals surface area contributed by atoms with E-state index in [2.05, 4.69) is 14.1 Å². The first-order valence-electron chi connectivity index (χ1n) is 8.70. The SMILES string of the molecule is CSc1ccc(S(=O)(=O)NCC(=O)OCC(=O)Nc2cccc3nsnc23)cc1[N+](=O)[O-]. The van der Waals surface area contributed by atoms with Gasteiger partial charge in [-0.3, -0.25) is 19.7 Å². The molecule has 3 aromatic rings. The highest BCUT2D eigenvalue weighted by Crippen LogP contribution is 2.29. The van der Waals surface area contributed by atoms with E-state index in [0.29, 0.717) is 21.6 Å². The fourth-order valence-electron chi connectivity index (χ4n) is 2.51. The number of amides is 1. The van der Waals surface area contributed by atoms with Crippen LogP contribution in [-0.4, -0.2) is 53.4 Å².